The SMILES string of the molecule is COc1ccc(C)cc1[C@@H](C)NC(=O)CCC(=O)c1ccc(F)cc1. The van der Waals surface area contributed by atoms with E-state index < -0.39 is 5.82 Å². The second kappa shape index (κ2) is 8.42. The molecule has 0 heterocycles. The van der Waals surface area contributed by atoms with E-state index in [1.54, 1.807) is 7.11 Å². The van der Waals surface area contributed by atoms with Crippen LogP contribution in [0.25, 0.3) is 0 Å². The number of halogens is 1. The highest BCUT2D eigenvalue weighted by Crippen LogP contribution is 2.26. The third-order valence-electron chi connectivity index (χ3n) is 3.97. The summed E-state index contributed by atoms with van der Waals surface area (Å²) in [5, 5.41) is 2.88. The molecule has 0 aromatic heterocycles. The lowest BCUT2D eigenvalue weighted by atomic mass is 10.0. The number of carbonyl (C=O) groups is 2. The molecule has 0 unspecified atom stereocenters. The lowest BCUT2D eigenvalue weighted by Crippen LogP contribution is -2.27. The van der Waals surface area contributed by atoms with Gasteiger partial charge in [-0.3, -0.25) is 9.59 Å². The summed E-state index contributed by atoms with van der Waals surface area (Å²) in [5.74, 6) is -0.0848. The van der Waals surface area contributed by atoms with Gasteiger partial charge in [0.05, 0.1) is 13.2 Å². The summed E-state index contributed by atoms with van der Waals surface area (Å²) in [6, 6.07) is 10.9. The molecule has 2 aromatic rings. The summed E-state index contributed by atoms with van der Waals surface area (Å²) in [7, 11) is 1.59. The van der Waals surface area contributed by atoms with Crippen LogP contribution in [0.5, 0.6) is 5.75 Å². The topological polar surface area (TPSA) is 55.4 Å². The zero-order valence-corrected chi connectivity index (χ0v) is 14.6. The second-order valence-electron chi connectivity index (χ2n) is 5.96. The van der Waals surface area contributed by atoms with Crippen LogP contribution in [0.4, 0.5) is 4.39 Å². The number of aryl methyl sites for hydroxylation is 1. The number of ketones is 1. The van der Waals surface area contributed by atoms with Gasteiger partial charge in [0.1, 0.15) is 11.6 Å². The van der Waals surface area contributed by atoms with Crippen molar-refractivity contribution in [2.45, 2.75) is 32.7 Å². The van der Waals surface area contributed by atoms with Gasteiger partial charge in [0, 0.05) is 24.0 Å². The molecule has 132 valence electrons. The van der Waals surface area contributed by atoms with Gasteiger partial charge >= 0.3 is 0 Å². The highest BCUT2D eigenvalue weighted by Gasteiger charge is 2.15. The first kappa shape index (κ1) is 18.6. The molecule has 5 heteroatoms. The van der Waals surface area contributed by atoms with Crippen LogP contribution in [0.2, 0.25) is 0 Å². The first-order chi connectivity index (χ1) is 11.9. The average Bonchev–Trinajstić information content (AvgIpc) is 2.60. The normalized spacial score (nSPS) is 11.7. The van der Waals surface area contributed by atoms with E-state index in [0.29, 0.717) is 11.3 Å². The monoisotopic (exact) mass is 343 g/mol. The molecular weight excluding hydrogens is 321 g/mol. The molecule has 25 heavy (non-hydrogen) atoms. The maximum Gasteiger partial charge on any atom is 0.220 e. The van der Waals surface area contributed by atoms with Crippen molar-refractivity contribution in [3.8, 4) is 5.75 Å². The van der Waals surface area contributed by atoms with Crippen LogP contribution in [0, 0.1) is 12.7 Å². The van der Waals surface area contributed by atoms with Crippen LogP contribution in [0.1, 0.15) is 47.3 Å². The Hall–Kier alpha value is -2.69. The molecule has 1 atom stereocenters. The van der Waals surface area contributed by atoms with Gasteiger partial charge in [-0.15, -0.1) is 0 Å². The van der Waals surface area contributed by atoms with Gasteiger partial charge in [-0.1, -0.05) is 17.7 Å². The summed E-state index contributed by atoms with van der Waals surface area (Å²) in [4.78, 5) is 24.2. The molecule has 0 radical (unpaired) electrons. The standard InChI is InChI=1S/C20H22FNO3/c1-13-4-10-19(25-3)17(12-13)14(2)22-20(24)11-9-18(23)15-5-7-16(21)8-6-15/h4-8,10,12,14H,9,11H2,1-3H3,(H,22,24)/t14-/m1/s1. The van der Waals surface area contributed by atoms with Crippen LogP contribution in [0.3, 0.4) is 0 Å². The number of rotatable bonds is 7. The van der Waals surface area contributed by atoms with Crippen molar-refractivity contribution in [1.82, 2.24) is 5.32 Å². The maximum absolute atomic E-state index is 12.9. The third-order valence-corrected chi connectivity index (χ3v) is 3.97. The van der Waals surface area contributed by atoms with Gasteiger partial charge in [-0.25, -0.2) is 4.39 Å². The highest BCUT2D eigenvalue weighted by atomic mass is 19.1. The van der Waals surface area contributed by atoms with E-state index in [4.69, 9.17) is 4.74 Å². The first-order valence-electron chi connectivity index (χ1n) is 8.13. The summed E-state index contributed by atoms with van der Waals surface area (Å²) in [6.45, 7) is 3.84. The van der Waals surface area contributed by atoms with Crippen LogP contribution in [0.15, 0.2) is 42.5 Å². The highest BCUT2D eigenvalue weighted by molar-refractivity contribution is 5.97. The Morgan fingerprint density at radius 1 is 1.12 bits per heavy atom. The van der Waals surface area contributed by atoms with Crippen molar-refractivity contribution in [3.05, 3.63) is 65.0 Å². The number of amides is 1. The van der Waals surface area contributed by atoms with Crippen LogP contribution in [-0.2, 0) is 4.79 Å². The van der Waals surface area contributed by atoms with E-state index in [0.717, 1.165) is 11.1 Å². The van der Waals surface area contributed by atoms with Gasteiger partial charge < -0.3 is 10.1 Å². The molecule has 4 nitrogen and oxygen atoms in total. The molecule has 0 saturated heterocycles. The van der Waals surface area contributed by atoms with Crippen molar-refractivity contribution in [2.24, 2.45) is 0 Å². The van der Waals surface area contributed by atoms with Gasteiger partial charge in [0.2, 0.25) is 5.91 Å². The molecule has 0 bridgehead atoms. The number of methoxy groups -OCH3 is 1. The smallest absolute Gasteiger partial charge is 0.220 e. The Morgan fingerprint density at radius 3 is 2.44 bits per heavy atom. The molecule has 0 fully saturated rings. The molecule has 0 spiro atoms. The van der Waals surface area contributed by atoms with E-state index in [9.17, 15) is 14.0 Å². The predicted molar refractivity (Wildman–Crippen MR) is 94.3 cm³/mol. The first-order valence-corrected chi connectivity index (χ1v) is 8.13. The molecule has 0 saturated carbocycles. The van der Waals surface area contributed by atoms with E-state index in [-0.39, 0.29) is 30.6 Å². The maximum atomic E-state index is 12.9. The van der Waals surface area contributed by atoms with Crippen molar-refractivity contribution >= 4 is 11.7 Å². The van der Waals surface area contributed by atoms with E-state index >= 15 is 0 Å². The largest absolute Gasteiger partial charge is 0.496 e. The van der Waals surface area contributed by atoms with Crippen LogP contribution < -0.4 is 10.1 Å². The predicted octanol–water partition coefficient (Wildman–Crippen LogP) is 3.98. The van der Waals surface area contributed by atoms with E-state index in [1.165, 1.54) is 24.3 Å². The van der Waals surface area contributed by atoms with Crippen LogP contribution in [-0.4, -0.2) is 18.8 Å². The zero-order valence-electron chi connectivity index (χ0n) is 14.6. The molecule has 2 rings (SSSR count). The Balaban J connectivity index is 1.92. The fourth-order valence-corrected chi connectivity index (χ4v) is 2.59. The van der Waals surface area contributed by atoms with Crippen molar-refractivity contribution in [2.75, 3.05) is 7.11 Å². The minimum absolute atomic E-state index is 0.0781. The number of nitrogens with one attached hydrogen (secondary N) is 1. The molecule has 0 aliphatic heterocycles. The Labute approximate surface area is 147 Å². The quantitative estimate of drug-likeness (QED) is 0.774. The Bertz CT molecular complexity index is 756. The second-order valence-corrected chi connectivity index (χ2v) is 5.96. The summed E-state index contributed by atoms with van der Waals surface area (Å²) >= 11 is 0. The Kier molecular flexibility index (Phi) is 6.28. The number of Topliss-reactive ketones (excluding diaryl/α,β-unsaturated/α-hetero) is 1. The van der Waals surface area contributed by atoms with Crippen LogP contribution >= 0.6 is 0 Å². The van der Waals surface area contributed by atoms with Crippen molar-refractivity contribution in [3.63, 3.8) is 0 Å². The van der Waals surface area contributed by atoms with E-state index in [2.05, 4.69) is 5.32 Å². The minimum Gasteiger partial charge on any atom is -0.496 e. The number of hydrogen-bond donors (Lipinski definition) is 1. The molecule has 1 amide bonds. The lowest BCUT2D eigenvalue weighted by Gasteiger charge is -2.18. The number of ether oxygens (including phenoxy) is 1. The van der Waals surface area contributed by atoms with Gasteiger partial charge in [-0.05, 0) is 44.2 Å². The van der Waals surface area contributed by atoms with Gasteiger partial charge in [-0.2, -0.15) is 0 Å². The molecule has 1 N–H and O–H groups in total. The third kappa shape index (κ3) is 5.14. The number of hydrogen-bond acceptors (Lipinski definition) is 3. The molecule has 0 aliphatic rings. The molecular formula is C20H22FNO3. The number of carbonyl (C=O) groups excluding carboxylic acids is 2. The van der Waals surface area contributed by atoms with E-state index in [1.807, 2.05) is 32.0 Å². The van der Waals surface area contributed by atoms with Crippen molar-refractivity contribution < 1.29 is 18.7 Å². The summed E-state index contributed by atoms with van der Waals surface area (Å²) < 4.78 is 18.2. The van der Waals surface area contributed by atoms with Crippen molar-refractivity contribution in [1.29, 1.82) is 0 Å². The molecule has 0 aliphatic carbocycles. The van der Waals surface area contributed by atoms with Gasteiger partial charge in [0.15, 0.2) is 5.78 Å². The fraction of sp³-hybridized carbons (Fsp3) is 0.300. The minimum atomic E-state index is -0.393. The average molecular weight is 343 g/mol. The lowest BCUT2D eigenvalue weighted by molar-refractivity contribution is -0.121. The summed E-state index contributed by atoms with van der Waals surface area (Å²) in [5.41, 5.74) is 2.37. The Morgan fingerprint density at radius 2 is 1.80 bits per heavy atom. The summed E-state index contributed by atoms with van der Waals surface area (Å²) in [6.07, 6.45) is 0.157. The zero-order chi connectivity index (χ0) is 18.4. The van der Waals surface area contributed by atoms with Gasteiger partial charge in [0.25, 0.3) is 0 Å². The number of benzene rings is 2. The molecule has 2 aromatic carbocycles. The fourth-order valence-electron chi connectivity index (χ4n) is 2.59.